The van der Waals surface area contributed by atoms with Crippen molar-refractivity contribution in [3.05, 3.63) is 161 Å². The highest BCUT2D eigenvalue weighted by molar-refractivity contribution is 5.65. The van der Waals surface area contributed by atoms with E-state index in [9.17, 15) is 10.5 Å². The first-order valence-corrected chi connectivity index (χ1v) is 17.5. The minimum Gasteiger partial charge on any atom is -0.497 e. The molecule has 0 amide bonds. The quantitative estimate of drug-likeness (QED) is 0.143. The van der Waals surface area contributed by atoms with Gasteiger partial charge in [0.05, 0.1) is 12.7 Å². The zero-order valence-corrected chi connectivity index (χ0v) is 29.3. The SMILES string of the molecule is COc1ccc(C2(c3ccc(Oc4cccc(Oc5ccc(-c6ccc(Oc7cccc(C)c7C#N)cc6)cc5)c4C#N)cc3)CCCCC2)cc1. The maximum absolute atomic E-state index is 10.2. The fourth-order valence-corrected chi connectivity index (χ4v) is 7.12. The molecule has 0 heterocycles. The minimum absolute atomic E-state index is 0.0488. The molecular formula is C46H38N2O4. The number of nitrogens with zero attached hydrogens (tertiary/aromatic N) is 2. The number of hydrogen-bond donors (Lipinski definition) is 0. The molecule has 0 unspecified atom stereocenters. The van der Waals surface area contributed by atoms with Crippen molar-refractivity contribution in [1.29, 1.82) is 10.5 Å². The smallest absolute Gasteiger partial charge is 0.149 e. The van der Waals surface area contributed by atoms with Crippen LogP contribution in [0.4, 0.5) is 0 Å². The first kappa shape index (κ1) is 34.0. The maximum atomic E-state index is 10.2. The fourth-order valence-electron chi connectivity index (χ4n) is 7.12. The molecule has 0 saturated heterocycles. The Morgan fingerprint density at radius 1 is 0.481 bits per heavy atom. The van der Waals surface area contributed by atoms with Crippen molar-refractivity contribution in [1.82, 2.24) is 0 Å². The van der Waals surface area contributed by atoms with Gasteiger partial charge < -0.3 is 18.9 Å². The van der Waals surface area contributed by atoms with Gasteiger partial charge in [-0.25, -0.2) is 0 Å². The third-order valence-electron chi connectivity index (χ3n) is 9.93. The van der Waals surface area contributed by atoms with Gasteiger partial charge in [0, 0.05) is 5.41 Å². The highest BCUT2D eigenvalue weighted by Crippen LogP contribution is 2.46. The number of rotatable bonds is 10. The second-order valence-electron chi connectivity index (χ2n) is 13.1. The van der Waals surface area contributed by atoms with Gasteiger partial charge in [-0.2, -0.15) is 10.5 Å². The normalized spacial score (nSPS) is 13.3. The molecule has 7 rings (SSSR count). The lowest BCUT2D eigenvalue weighted by Crippen LogP contribution is -2.30. The van der Waals surface area contributed by atoms with Crippen LogP contribution in [0.2, 0.25) is 0 Å². The number of nitriles is 2. The Hall–Kier alpha value is -6.50. The zero-order valence-electron chi connectivity index (χ0n) is 29.3. The summed E-state index contributed by atoms with van der Waals surface area (Å²) >= 11 is 0. The lowest BCUT2D eigenvalue weighted by Gasteiger charge is -2.38. The molecule has 6 aromatic rings. The van der Waals surface area contributed by atoms with E-state index in [1.54, 1.807) is 25.3 Å². The molecule has 6 heteroatoms. The average Bonchev–Trinajstić information content (AvgIpc) is 3.19. The van der Waals surface area contributed by atoms with Crippen LogP contribution in [-0.4, -0.2) is 7.11 Å². The van der Waals surface area contributed by atoms with E-state index in [1.807, 2.05) is 97.9 Å². The lowest BCUT2D eigenvalue weighted by molar-refractivity contribution is 0.345. The highest BCUT2D eigenvalue weighted by Gasteiger charge is 2.35. The molecule has 1 fully saturated rings. The van der Waals surface area contributed by atoms with Gasteiger partial charge in [-0.1, -0.05) is 86.0 Å². The first-order chi connectivity index (χ1) is 25.5. The summed E-state index contributed by atoms with van der Waals surface area (Å²) < 4.78 is 23.9. The Bertz CT molecular complexity index is 2240. The predicted octanol–water partition coefficient (Wildman–Crippen LogP) is 12.0. The van der Waals surface area contributed by atoms with Crippen LogP contribution in [0.25, 0.3) is 11.1 Å². The van der Waals surface area contributed by atoms with Crippen molar-refractivity contribution in [2.75, 3.05) is 7.11 Å². The topological polar surface area (TPSA) is 84.5 Å². The van der Waals surface area contributed by atoms with Crippen LogP contribution in [0.1, 0.15) is 59.9 Å². The molecule has 0 aromatic heterocycles. The Balaban J connectivity index is 1.04. The van der Waals surface area contributed by atoms with Gasteiger partial charge in [0.1, 0.15) is 57.9 Å². The van der Waals surface area contributed by atoms with Crippen molar-refractivity contribution in [2.24, 2.45) is 0 Å². The van der Waals surface area contributed by atoms with Gasteiger partial charge in [0.2, 0.25) is 0 Å². The number of ether oxygens (including phenoxy) is 4. The Morgan fingerprint density at radius 3 is 1.33 bits per heavy atom. The van der Waals surface area contributed by atoms with E-state index < -0.39 is 0 Å². The molecule has 0 aliphatic heterocycles. The van der Waals surface area contributed by atoms with Crippen LogP contribution < -0.4 is 18.9 Å². The summed E-state index contributed by atoms with van der Waals surface area (Å²) in [5.74, 6) is 4.15. The highest BCUT2D eigenvalue weighted by atomic mass is 16.5. The van der Waals surface area contributed by atoms with Crippen molar-refractivity contribution in [3.8, 4) is 63.5 Å². The molecule has 6 aromatic carbocycles. The number of aryl methyl sites for hydroxylation is 1. The Labute approximate surface area is 305 Å². The summed E-state index contributed by atoms with van der Waals surface area (Å²) in [5.41, 5.74) is 6.25. The van der Waals surface area contributed by atoms with Crippen molar-refractivity contribution < 1.29 is 18.9 Å². The minimum atomic E-state index is -0.0488. The molecule has 1 saturated carbocycles. The van der Waals surface area contributed by atoms with E-state index in [1.165, 1.54) is 30.4 Å². The van der Waals surface area contributed by atoms with Gasteiger partial charge in [-0.3, -0.25) is 0 Å². The molecule has 256 valence electrons. The van der Waals surface area contributed by atoms with E-state index in [0.29, 0.717) is 45.6 Å². The molecule has 0 bridgehead atoms. The number of hydrogen-bond acceptors (Lipinski definition) is 6. The van der Waals surface area contributed by atoms with Crippen LogP contribution in [0.5, 0.6) is 40.2 Å². The molecule has 0 radical (unpaired) electrons. The van der Waals surface area contributed by atoms with Crippen LogP contribution in [0.3, 0.4) is 0 Å². The molecule has 0 spiro atoms. The second kappa shape index (κ2) is 15.2. The van der Waals surface area contributed by atoms with Gasteiger partial charge in [0.15, 0.2) is 0 Å². The summed E-state index contributed by atoms with van der Waals surface area (Å²) in [6.45, 7) is 1.89. The van der Waals surface area contributed by atoms with Crippen molar-refractivity contribution >= 4 is 0 Å². The number of methoxy groups -OCH3 is 1. The van der Waals surface area contributed by atoms with E-state index in [0.717, 1.165) is 35.3 Å². The van der Waals surface area contributed by atoms with Crippen LogP contribution >= 0.6 is 0 Å². The first-order valence-electron chi connectivity index (χ1n) is 17.5. The monoisotopic (exact) mass is 682 g/mol. The van der Waals surface area contributed by atoms with Crippen LogP contribution in [0, 0.1) is 29.6 Å². The molecule has 1 aliphatic carbocycles. The molecule has 0 atom stereocenters. The van der Waals surface area contributed by atoms with E-state index in [-0.39, 0.29) is 5.41 Å². The zero-order chi connectivity index (χ0) is 35.9. The molecule has 1 aliphatic rings. The fraction of sp³-hybridized carbons (Fsp3) is 0.174. The van der Waals surface area contributed by atoms with E-state index >= 15 is 0 Å². The molecular weight excluding hydrogens is 645 g/mol. The van der Waals surface area contributed by atoms with Crippen molar-refractivity contribution in [2.45, 2.75) is 44.4 Å². The molecule has 52 heavy (non-hydrogen) atoms. The van der Waals surface area contributed by atoms with Gasteiger partial charge >= 0.3 is 0 Å². The molecule has 0 N–H and O–H groups in total. The summed E-state index contributed by atoms with van der Waals surface area (Å²) in [6, 6.07) is 47.7. The largest absolute Gasteiger partial charge is 0.497 e. The van der Waals surface area contributed by atoms with Gasteiger partial charge in [0.25, 0.3) is 0 Å². The Morgan fingerprint density at radius 2 is 0.885 bits per heavy atom. The predicted molar refractivity (Wildman–Crippen MR) is 202 cm³/mol. The second-order valence-corrected chi connectivity index (χ2v) is 13.1. The number of benzene rings is 6. The summed E-state index contributed by atoms with van der Waals surface area (Å²) in [6.07, 6.45) is 5.82. The third-order valence-corrected chi connectivity index (χ3v) is 9.93. The van der Waals surface area contributed by atoms with E-state index in [2.05, 4.69) is 36.4 Å². The lowest BCUT2D eigenvalue weighted by atomic mass is 9.65. The van der Waals surface area contributed by atoms with Gasteiger partial charge in [-0.15, -0.1) is 0 Å². The standard InChI is InChI=1S/C46H38N2O4/c1-32-8-6-9-43(41(32)30-47)50-38-20-12-33(13-21-38)34-14-22-39(23-15-34)51-44-10-7-11-45(42(44)31-48)52-40-26-18-36(19-27-40)46(28-4-3-5-29-46)35-16-24-37(49-2)25-17-35/h6-27H,3-5,28-29H2,1-2H3. The van der Waals surface area contributed by atoms with Gasteiger partial charge in [-0.05, 0) is 114 Å². The average molecular weight is 683 g/mol. The summed E-state index contributed by atoms with van der Waals surface area (Å²) in [4.78, 5) is 0. The summed E-state index contributed by atoms with van der Waals surface area (Å²) in [5, 5.41) is 19.7. The van der Waals surface area contributed by atoms with Crippen LogP contribution in [-0.2, 0) is 5.41 Å². The maximum Gasteiger partial charge on any atom is 0.149 e. The Kier molecular flexibility index (Phi) is 9.91. The third kappa shape index (κ3) is 7.06. The summed E-state index contributed by atoms with van der Waals surface area (Å²) in [7, 11) is 1.70. The van der Waals surface area contributed by atoms with Crippen LogP contribution in [0.15, 0.2) is 133 Å². The van der Waals surface area contributed by atoms with E-state index in [4.69, 9.17) is 18.9 Å². The molecule has 6 nitrogen and oxygen atoms in total. The van der Waals surface area contributed by atoms with Crippen molar-refractivity contribution in [3.63, 3.8) is 0 Å².